The third-order valence-electron chi connectivity index (χ3n) is 3.28. The van der Waals surface area contributed by atoms with Crippen LogP contribution in [-0.2, 0) is 0 Å². The molecule has 0 unspecified atom stereocenters. The molecule has 0 aliphatic heterocycles. The normalized spacial score (nSPS) is 24.3. The van der Waals surface area contributed by atoms with Crippen molar-refractivity contribution in [2.75, 3.05) is 5.32 Å². The maximum Gasteiger partial charge on any atom is 0.269 e. The second kappa shape index (κ2) is 5.12. The second-order valence-corrected chi connectivity index (χ2v) is 4.77. The van der Waals surface area contributed by atoms with Crippen LogP contribution >= 0.6 is 0 Å². The van der Waals surface area contributed by atoms with E-state index in [9.17, 15) is 4.79 Å². The number of carbonyl (C=O) groups is 1. The summed E-state index contributed by atoms with van der Waals surface area (Å²) in [5, 5.41) is 11.1. The molecule has 5 heteroatoms. The lowest BCUT2D eigenvalue weighted by Gasteiger charge is -2.27. The number of carbonyl (C=O) groups excluding carboxylic acids is 1. The van der Waals surface area contributed by atoms with E-state index >= 15 is 0 Å². The summed E-state index contributed by atoms with van der Waals surface area (Å²) in [5.74, 6) is 1.00. The predicted molar refractivity (Wildman–Crippen MR) is 65.6 cm³/mol. The van der Waals surface area contributed by atoms with Gasteiger partial charge in [0, 0.05) is 6.04 Å². The molecular weight excluding hydrogens is 216 g/mol. The van der Waals surface area contributed by atoms with Gasteiger partial charge in [0.2, 0.25) is 0 Å². The molecule has 1 saturated carbocycles. The molecule has 1 heterocycles. The number of hydrogen-bond acceptors (Lipinski definition) is 4. The topological polar surface area (TPSA) is 80.9 Å². The van der Waals surface area contributed by atoms with Crippen molar-refractivity contribution < 1.29 is 4.79 Å². The van der Waals surface area contributed by atoms with Crippen LogP contribution in [0.3, 0.4) is 0 Å². The molecule has 0 spiro atoms. The Bertz CT molecular complexity index is 382. The lowest BCUT2D eigenvalue weighted by molar-refractivity contribution is 0.0994. The van der Waals surface area contributed by atoms with Gasteiger partial charge in [0.25, 0.3) is 5.91 Å². The van der Waals surface area contributed by atoms with E-state index in [0.717, 1.165) is 11.7 Å². The van der Waals surface area contributed by atoms with Gasteiger partial charge in [-0.05, 0) is 43.7 Å². The Morgan fingerprint density at radius 2 is 2.00 bits per heavy atom. The largest absolute Gasteiger partial charge is 0.366 e. The van der Waals surface area contributed by atoms with Crippen LogP contribution in [-0.4, -0.2) is 22.1 Å². The molecule has 0 saturated heterocycles. The van der Waals surface area contributed by atoms with Crippen molar-refractivity contribution in [3.63, 3.8) is 0 Å². The molecule has 0 radical (unpaired) electrons. The number of anilines is 1. The summed E-state index contributed by atoms with van der Waals surface area (Å²) in [6, 6.07) is 3.83. The van der Waals surface area contributed by atoms with E-state index in [1.165, 1.54) is 25.7 Å². The minimum absolute atomic E-state index is 0.202. The Balaban J connectivity index is 1.92. The van der Waals surface area contributed by atoms with Crippen molar-refractivity contribution in [3.05, 3.63) is 17.8 Å². The molecule has 3 N–H and O–H groups in total. The molecule has 1 aromatic heterocycles. The quantitative estimate of drug-likeness (QED) is 0.831. The number of hydrogen-bond donors (Lipinski definition) is 2. The number of amides is 1. The fraction of sp³-hybridized carbons (Fsp3) is 0.583. The van der Waals surface area contributed by atoms with Crippen LogP contribution in [0.15, 0.2) is 12.1 Å². The maximum atomic E-state index is 10.8. The highest BCUT2D eigenvalue weighted by atomic mass is 16.1. The van der Waals surface area contributed by atoms with Crippen LogP contribution in [0.4, 0.5) is 5.82 Å². The monoisotopic (exact) mass is 234 g/mol. The fourth-order valence-electron chi connectivity index (χ4n) is 2.15. The molecular formula is C12H18N4O. The highest BCUT2D eigenvalue weighted by molar-refractivity contribution is 5.90. The van der Waals surface area contributed by atoms with Crippen LogP contribution in [0.1, 0.15) is 43.1 Å². The summed E-state index contributed by atoms with van der Waals surface area (Å²) in [6.07, 6.45) is 4.84. The smallest absolute Gasteiger partial charge is 0.269 e. The Morgan fingerprint density at radius 3 is 2.53 bits per heavy atom. The molecule has 1 aliphatic rings. The van der Waals surface area contributed by atoms with Gasteiger partial charge in [0.05, 0.1) is 0 Å². The summed E-state index contributed by atoms with van der Waals surface area (Å²) in [6.45, 7) is 2.29. The van der Waals surface area contributed by atoms with Gasteiger partial charge < -0.3 is 11.1 Å². The van der Waals surface area contributed by atoms with Gasteiger partial charge in [-0.25, -0.2) is 0 Å². The SMILES string of the molecule is CC1CCC(Nc2ccc(C(N)=O)nn2)CC1. The third kappa shape index (κ3) is 3.15. The Kier molecular flexibility index (Phi) is 3.56. The average molecular weight is 234 g/mol. The lowest BCUT2D eigenvalue weighted by Crippen LogP contribution is -2.26. The number of aromatic nitrogens is 2. The van der Waals surface area contributed by atoms with E-state index in [1.54, 1.807) is 12.1 Å². The lowest BCUT2D eigenvalue weighted by atomic mass is 9.87. The zero-order chi connectivity index (χ0) is 12.3. The van der Waals surface area contributed by atoms with Gasteiger partial charge in [-0.15, -0.1) is 10.2 Å². The van der Waals surface area contributed by atoms with Crippen molar-refractivity contribution in [3.8, 4) is 0 Å². The molecule has 0 atom stereocenters. The molecule has 92 valence electrons. The Morgan fingerprint density at radius 1 is 1.29 bits per heavy atom. The first kappa shape index (κ1) is 11.8. The maximum absolute atomic E-state index is 10.8. The minimum atomic E-state index is -0.546. The van der Waals surface area contributed by atoms with E-state index in [2.05, 4.69) is 22.4 Å². The van der Waals surface area contributed by atoms with Crippen molar-refractivity contribution in [1.82, 2.24) is 10.2 Å². The van der Waals surface area contributed by atoms with Crippen molar-refractivity contribution >= 4 is 11.7 Å². The van der Waals surface area contributed by atoms with Crippen LogP contribution in [0.25, 0.3) is 0 Å². The molecule has 1 aliphatic carbocycles. The van der Waals surface area contributed by atoms with E-state index in [0.29, 0.717) is 6.04 Å². The second-order valence-electron chi connectivity index (χ2n) is 4.77. The van der Waals surface area contributed by atoms with Crippen molar-refractivity contribution in [2.45, 2.75) is 38.6 Å². The van der Waals surface area contributed by atoms with Gasteiger partial charge in [-0.1, -0.05) is 6.92 Å². The average Bonchev–Trinajstić information content (AvgIpc) is 2.33. The van der Waals surface area contributed by atoms with E-state index in [-0.39, 0.29) is 5.69 Å². The first-order valence-electron chi connectivity index (χ1n) is 6.05. The highest BCUT2D eigenvalue weighted by Crippen LogP contribution is 2.25. The summed E-state index contributed by atoms with van der Waals surface area (Å²) in [4.78, 5) is 10.8. The van der Waals surface area contributed by atoms with Crippen molar-refractivity contribution in [2.24, 2.45) is 11.7 Å². The minimum Gasteiger partial charge on any atom is -0.366 e. The number of nitrogens with one attached hydrogen (secondary N) is 1. The predicted octanol–water partition coefficient (Wildman–Crippen LogP) is 1.57. The van der Waals surface area contributed by atoms with Gasteiger partial charge in [-0.2, -0.15) is 0 Å². The van der Waals surface area contributed by atoms with Gasteiger partial charge in [-0.3, -0.25) is 4.79 Å². The molecule has 1 aromatic rings. The van der Waals surface area contributed by atoms with Crippen LogP contribution in [0.2, 0.25) is 0 Å². The molecule has 17 heavy (non-hydrogen) atoms. The summed E-state index contributed by atoms with van der Waals surface area (Å²) >= 11 is 0. The summed E-state index contributed by atoms with van der Waals surface area (Å²) in [5.41, 5.74) is 5.30. The van der Waals surface area contributed by atoms with Crippen LogP contribution in [0.5, 0.6) is 0 Å². The van der Waals surface area contributed by atoms with E-state index in [1.807, 2.05) is 0 Å². The fourth-order valence-corrected chi connectivity index (χ4v) is 2.15. The molecule has 1 amide bonds. The van der Waals surface area contributed by atoms with E-state index in [4.69, 9.17) is 5.73 Å². The molecule has 2 rings (SSSR count). The van der Waals surface area contributed by atoms with Crippen LogP contribution < -0.4 is 11.1 Å². The van der Waals surface area contributed by atoms with Gasteiger partial charge >= 0.3 is 0 Å². The zero-order valence-corrected chi connectivity index (χ0v) is 10.0. The molecule has 1 fully saturated rings. The Hall–Kier alpha value is -1.65. The number of primary amides is 1. The van der Waals surface area contributed by atoms with Gasteiger partial charge in [0.15, 0.2) is 5.69 Å². The number of nitrogens with two attached hydrogens (primary N) is 1. The first-order chi connectivity index (χ1) is 8.15. The zero-order valence-electron chi connectivity index (χ0n) is 10.0. The summed E-state index contributed by atoms with van der Waals surface area (Å²) < 4.78 is 0. The molecule has 0 aromatic carbocycles. The molecule has 5 nitrogen and oxygen atoms in total. The number of nitrogens with zero attached hydrogens (tertiary/aromatic N) is 2. The molecule has 0 bridgehead atoms. The Labute approximate surface area is 101 Å². The number of rotatable bonds is 3. The van der Waals surface area contributed by atoms with Crippen molar-refractivity contribution in [1.29, 1.82) is 0 Å². The summed E-state index contributed by atoms with van der Waals surface area (Å²) in [7, 11) is 0. The van der Waals surface area contributed by atoms with E-state index < -0.39 is 5.91 Å². The first-order valence-corrected chi connectivity index (χ1v) is 6.05. The van der Waals surface area contributed by atoms with Gasteiger partial charge in [0.1, 0.15) is 5.82 Å². The standard InChI is InChI=1S/C12H18N4O/c1-8-2-4-9(5-3-8)14-11-7-6-10(12(13)17)15-16-11/h6-9H,2-5H2,1H3,(H2,13,17)(H,14,16). The van der Waals surface area contributed by atoms with Crippen LogP contribution in [0, 0.1) is 5.92 Å². The third-order valence-corrected chi connectivity index (χ3v) is 3.28. The highest BCUT2D eigenvalue weighted by Gasteiger charge is 2.18.